The Hall–Kier alpha value is -13.0. The van der Waals surface area contributed by atoms with E-state index in [-0.39, 0.29) is 0 Å². The average molecular weight is 1360 g/mol. The molecule has 0 aliphatic heterocycles. The van der Waals surface area contributed by atoms with Crippen molar-refractivity contribution in [1.82, 2.24) is 4.57 Å². The fourth-order valence-electron chi connectivity index (χ4n) is 17.5. The third-order valence-electron chi connectivity index (χ3n) is 22.3. The molecule has 19 aromatic carbocycles. The first-order valence-corrected chi connectivity index (χ1v) is 37.8. The minimum atomic E-state index is 1.10. The minimum absolute atomic E-state index is 1.10. The van der Waals surface area contributed by atoms with Crippen LogP contribution in [0.3, 0.4) is 0 Å². The smallest absolute Gasteiger partial charge is 0.0541 e. The molecule has 0 unspecified atom stereocenters. The van der Waals surface area contributed by atoms with Crippen molar-refractivity contribution >= 4 is 149 Å². The summed E-state index contributed by atoms with van der Waals surface area (Å²) in [7, 11) is 0. The second-order valence-corrected chi connectivity index (χ2v) is 30.2. The molecule has 486 valence electrons. The summed E-state index contributed by atoms with van der Waals surface area (Å²) < 4.78 is 7.62. The van der Waals surface area contributed by atoms with Gasteiger partial charge < -0.3 is 4.57 Å². The van der Waals surface area contributed by atoms with E-state index < -0.39 is 0 Å². The molecule has 3 heterocycles. The molecule has 1 nitrogen and oxygen atoms in total. The van der Waals surface area contributed by atoms with Crippen LogP contribution in [0.1, 0.15) is 0 Å². The molecule has 0 aliphatic carbocycles. The zero-order valence-electron chi connectivity index (χ0n) is 57.0. The molecule has 3 heteroatoms. The number of rotatable bonds is 9. The number of benzene rings is 19. The monoisotopic (exact) mass is 1360 g/mol. The summed E-state index contributed by atoms with van der Waals surface area (Å²) in [5, 5.41) is 22.4. The molecule has 105 heavy (non-hydrogen) atoms. The van der Waals surface area contributed by atoms with Gasteiger partial charge in [0.05, 0.1) is 11.0 Å². The zero-order chi connectivity index (χ0) is 68.8. The van der Waals surface area contributed by atoms with Gasteiger partial charge in [-0.1, -0.05) is 285 Å². The summed E-state index contributed by atoms with van der Waals surface area (Å²) in [6, 6.07) is 139. The van der Waals surface area contributed by atoms with Crippen molar-refractivity contribution in [3.63, 3.8) is 0 Å². The number of fused-ring (bicyclic) bond motifs is 15. The Bertz CT molecular complexity index is 6970. The highest BCUT2D eigenvalue weighted by Crippen LogP contribution is 2.51. The quantitative estimate of drug-likeness (QED) is 0.127. The SMILES string of the molecule is c1ccc(-c2c3ccccc3c(-c3ccc(-n4c5ccc(-c6cc(-c7cccc8ccccc78)cc7c6sc6ccc(-c8cccc9ccccc89)cc67)cc5c5cc(-c6cc(-c7cccc8ccccc78)cc7c6sc6ccc(-c8cccc9ccccc89)cc67)ccc54)cc3)c3ccccc23)cc1. The molecule has 0 spiro atoms. The minimum Gasteiger partial charge on any atom is -0.309 e. The van der Waals surface area contributed by atoms with E-state index >= 15 is 0 Å². The molecule has 0 saturated carbocycles. The van der Waals surface area contributed by atoms with Gasteiger partial charge in [-0.25, -0.2) is 0 Å². The van der Waals surface area contributed by atoms with Crippen LogP contribution in [-0.4, -0.2) is 4.57 Å². The van der Waals surface area contributed by atoms with Crippen molar-refractivity contribution in [3.05, 3.63) is 370 Å². The molecule has 0 N–H and O–H groups in total. The molecule has 0 aliphatic rings. The predicted octanol–water partition coefficient (Wildman–Crippen LogP) is 29.8. The van der Waals surface area contributed by atoms with E-state index in [0.29, 0.717) is 0 Å². The van der Waals surface area contributed by atoms with Gasteiger partial charge in [-0.2, -0.15) is 0 Å². The lowest BCUT2D eigenvalue weighted by molar-refractivity contribution is 1.18. The fraction of sp³-hybridized carbons (Fsp3) is 0. The van der Waals surface area contributed by atoms with E-state index in [1.807, 2.05) is 22.7 Å². The number of nitrogens with zero attached hydrogens (tertiary/aromatic N) is 1. The Balaban J connectivity index is 0.785. The summed E-state index contributed by atoms with van der Waals surface area (Å²) in [5.41, 5.74) is 22.9. The molecule has 0 fully saturated rings. The highest BCUT2D eigenvalue weighted by atomic mass is 32.1. The number of hydrogen-bond donors (Lipinski definition) is 0. The lowest BCUT2D eigenvalue weighted by Crippen LogP contribution is -1.95. The summed E-state index contributed by atoms with van der Waals surface area (Å²) in [6.45, 7) is 0. The molecular weight excluding hydrogens is 1300 g/mol. The van der Waals surface area contributed by atoms with Crippen LogP contribution in [0, 0.1) is 0 Å². The summed E-state index contributed by atoms with van der Waals surface area (Å²) in [6.07, 6.45) is 0. The maximum Gasteiger partial charge on any atom is 0.0541 e. The van der Waals surface area contributed by atoms with Gasteiger partial charge in [0, 0.05) is 67.9 Å². The first-order chi connectivity index (χ1) is 52.0. The lowest BCUT2D eigenvalue weighted by Gasteiger charge is -2.18. The Morgan fingerprint density at radius 3 is 0.867 bits per heavy atom. The van der Waals surface area contributed by atoms with Gasteiger partial charge in [0.15, 0.2) is 0 Å². The van der Waals surface area contributed by atoms with Crippen LogP contribution in [0.25, 0.3) is 221 Å². The standard InChI is InChI=1S/C102H61NS2/c1-2-24-66(25-3-1)99-83-34-12-14-36-85(83)100(86-37-15-13-35-84(86)99)67-42-48-74(49-43-67)103-95-50-44-70(87-58-72(81-40-18-28-64-22-6-10-32-77(64)81)60-93-91-56-68(46-52-97(91)104-101(87)93)79-38-16-26-62-20-4-8-30-75(62)79)54-89(95)90-55-71(45-51-96(90)103)88-59-73(82-41-19-29-65-23-7-11-33-78(65)82)61-94-92-57-69(47-53-98(92)105-102(88)94)80-39-17-27-63-21-5-9-31-76(63)80/h1-61H. The van der Waals surface area contributed by atoms with Gasteiger partial charge in [0.1, 0.15) is 0 Å². The Kier molecular flexibility index (Phi) is 13.5. The van der Waals surface area contributed by atoms with E-state index in [1.165, 1.54) is 205 Å². The summed E-state index contributed by atoms with van der Waals surface area (Å²) >= 11 is 3.82. The molecule has 0 saturated heterocycles. The number of thiophene rings is 2. The van der Waals surface area contributed by atoms with Crippen molar-refractivity contribution < 1.29 is 0 Å². The lowest BCUT2D eigenvalue weighted by atomic mass is 9.86. The van der Waals surface area contributed by atoms with Gasteiger partial charge in [-0.15, -0.1) is 22.7 Å². The maximum absolute atomic E-state index is 2.52. The second kappa shape index (κ2) is 23.8. The summed E-state index contributed by atoms with van der Waals surface area (Å²) in [4.78, 5) is 0. The highest BCUT2D eigenvalue weighted by Gasteiger charge is 2.24. The first-order valence-electron chi connectivity index (χ1n) is 36.2. The highest BCUT2D eigenvalue weighted by molar-refractivity contribution is 7.26. The van der Waals surface area contributed by atoms with Crippen LogP contribution in [0.2, 0.25) is 0 Å². The van der Waals surface area contributed by atoms with Crippen LogP contribution >= 0.6 is 22.7 Å². The van der Waals surface area contributed by atoms with Crippen molar-refractivity contribution in [2.24, 2.45) is 0 Å². The molecule has 22 aromatic rings. The van der Waals surface area contributed by atoms with E-state index in [0.717, 1.165) is 16.7 Å². The molecule has 0 radical (unpaired) electrons. The third-order valence-corrected chi connectivity index (χ3v) is 24.8. The van der Waals surface area contributed by atoms with Gasteiger partial charge in [0.25, 0.3) is 0 Å². The van der Waals surface area contributed by atoms with Crippen LogP contribution in [0.15, 0.2) is 370 Å². The van der Waals surface area contributed by atoms with Crippen LogP contribution in [0.4, 0.5) is 0 Å². The first kappa shape index (κ1) is 59.6. The van der Waals surface area contributed by atoms with E-state index in [9.17, 15) is 0 Å². The van der Waals surface area contributed by atoms with Gasteiger partial charge in [0.2, 0.25) is 0 Å². The third kappa shape index (κ3) is 9.53. The normalized spacial score (nSPS) is 12.0. The van der Waals surface area contributed by atoms with E-state index in [4.69, 9.17) is 0 Å². The predicted molar refractivity (Wildman–Crippen MR) is 455 cm³/mol. The van der Waals surface area contributed by atoms with Gasteiger partial charge in [-0.05, 0) is 227 Å². The largest absolute Gasteiger partial charge is 0.309 e. The molecule has 3 aromatic heterocycles. The number of hydrogen-bond acceptors (Lipinski definition) is 2. The van der Waals surface area contributed by atoms with E-state index in [2.05, 4.69) is 375 Å². The summed E-state index contributed by atoms with van der Waals surface area (Å²) in [5.74, 6) is 0. The number of aromatic nitrogens is 1. The molecule has 0 bridgehead atoms. The maximum atomic E-state index is 2.52. The Morgan fingerprint density at radius 2 is 0.467 bits per heavy atom. The van der Waals surface area contributed by atoms with Gasteiger partial charge >= 0.3 is 0 Å². The second-order valence-electron chi connectivity index (χ2n) is 28.1. The Labute approximate surface area is 614 Å². The van der Waals surface area contributed by atoms with Crippen molar-refractivity contribution in [3.8, 4) is 94.7 Å². The van der Waals surface area contributed by atoms with Crippen molar-refractivity contribution in [2.75, 3.05) is 0 Å². The van der Waals surface area contributed by atoms with Crippen LogP contribution < -0.4 is 0 Å². The average Bonchev–Trinajstić information content (AvgIpc) is 1.59. The fourth-order valence-corrected chi connectivity index (χ4v) is 19.9. The van der Waals surface area contributed by atoms with E-state index in [1.54, 1.807) is 0 Å². The molecule has 0 atom stereocenters. The van der Waals surface area contributed by atoms with Crippen molar-refractivity contribution in [2.45, 2.75) is 0 Å². The molecule has 22 rings (SSSR count). The van der Waals surface area contributed by atoms with Crippen LogP contribution in [0.5, 0.6) is 0 Å². The topological polar surface area (TPSA) is 4.93 Å². The Morgan fingerprint density at radius 1 is 0.171 bits per heavy atom. The molecular formula is C102H61NS2. The van der Waals surface area contributed by atoms with Gasteiger partial charge in [-0.3, -0.25) is 0 Å². The zero-order valence-corrected chi connectivity index (χ0v) is 58.6. The van der Waals surface area contributed by atoms with Crippen molar-refractivity contribution in [1.29, 1.82) is 0 Å². The molecule has 0 amide bonds. The van der Waals surface area contributed by atoms with Crippen LogP contribution in [-0.2, 0) is 0 Å².